The minimum atomic E-state index is -0.144. The van der Waals surface area contributed by atoms with Crippen molar-refractivity contribution in [2.24, 2.45) is 0 Å². The Labute approximate surface area is 204 Å². The van der Waals surface area contributed by atoms with Gasteiger partial charge in [0.1, 0.15) is 11.5 Å². The molecule has 2 aromatic carbocycles. The zero-order chi connectivity index (χ0) is 23.8. The Bertz CT molecular complexity index is 1330. The predicted octanol–water partition coefficient (Wildman–Crippen LogP) is 5.38. The molecule has 4 aromatic rings. The van der Waals surface area contributed by atoms with E-state index >= 15 is 0 Å². The fourth-order valence-electron chi connectivity index (χ4n) is 4.80. The normalized spacial score (nSPS) is 17.6. The third-order valence-corrected chi connectivity index (χ3v) is 6.67. The van der Waals surface area contributed by atoms with Crippen molar-refractivity contribution in [3.05, 3.63) is 102 Å². The number of aryl methyl sites for hydroxylation is 1. The number of pyridine rings is 1. The lowest BCUT2D eigenvalue weighted by atomic mass is 9.96. The molecule has 0 spiro atoms. The van der Waals surface area contributed by atoms with Gasteiger partial charge in [-0.1, -0.05) is 18.2 Å². The lowest BCUT2D eigenvalue weighted by molar-refractivity contribution is 0.415. The van der Waals surface area contributed by atoms with Crippen LogP contribution in [0.4, 0.5) is 5.69 Å². The van der Waals surface area contributed by atoms with E-state index in [9.17, 15) is 5.11 Å². The Hall–Kier alpha value is -3.84. The molecule has 1 aliphatic rings. The van der Waals surface area contributed by atoms with Crippen LogP contribution >= 0.6 is 12.2 Å². The maximum atomic E-state index is 10.6. The predicted molar refractivity (Wildman–Crippen MR) is 138 cm³/mol. The quantitative estimate of drug-likeness (QED) is 0.382. The molecule has 1 fully saturated rings. The summed E-state index contributed by atoms with van der Waals surface area (Å²) in [6.07, 6.45) is 1.80. The Morgan fingerprint density at radius 2 is 1.74 bits per heavy atom. The van der Waals surface area contributed by atoms with Gasteiger partial charge in [0.25, 0.3) is 0 Å². The second kappa shape index (κ2) is 8.83. The van der Waals surface area contributed by atoms with Gasteiger partial charge < -0.3 is 24.6 Å². The number of nitrogens with one attached hydrogen (secondary N) is 1. The molecule has 2 N–H and O–H groups in total. The molecule has 172 valence electrons. The van der Waals surface area contributed by atoms with Crippen LogP contribution in [0.15, 0.2) is 79.0 Å². The highest BCUT2D eigenvalue weighted by Crippen LogP contribution is 2.44. The van der Waals surface area contributed by atoms with Crippen molar-refractivity contribution in [1.29, 1.82) is 0 Å². The lowest BCUT2D eigenvalue weighted by Crippen LogP contribution is -2.29. The molecule has 1 saturated heterocycles. The van der Waals surface area contributed by atoms with Crippen LogP contribution in [0, 0.1) is 13.8 Å². The van der Waals surface area contributed by atoms with Gasteiger partial charge in [-0.3, -0.25) is 4.98 Å². The van der Waals surface area contributed by atoms with Crippen LogP contribution < -0.4 is 15.0 Å². The fraction of sp³-hybridized carbons (Fsp3) is 0.185. The number of aromatic nitrogens is 2. The summed E-state index contributed by atoms with van der Waals surface area (Å²) in [6.45, 7) is 4.13. The number of hydrogen-bond donors (Lipinski definition) is 2. The number of anilines is 1. The van der Waals surface area contributed by atoms with Crippen LogP contribution in [-0.4, -0.2) is 26.9 Å². The third kappa shape index (κ3) is 3.68. The number of methoxy groups -OCH3 is 1. The first kappa shape index (κ1) is 22.0. The summed E-state index contributed by atoms with van der Waals surface area (Å²) in [7, 11) is 1.66. The largest absolute Gasteiger partial charge is 0.506 e. The first-order valence-corrected chi connectivity index (χ1v) is 11.5. The summed E-state index contributed by atoms with van der Waals surface area (Å²) in [5.41, 5.74) is 5.81. The molecule has 34 heavy (non-hydrogen) atoms. The maximum Gasteiger partial charge on any atom is 0.174 e. The van der Waals surface area contributed by atoms with Crippen LogP contribution in [0.1, 0.15) is 34.7 Å². The summed E-state index contributed by atoms with van der Waals surface area (Å²) in [6, 6.07) is 23.1. The molecule has 6 nitrogen and oxygen atoms in total. The molecule has 0 amide bonds. The molecule has 5 rings (SSSR count). The molecule has 0 saturated carbocycles. The van der Waals surface area contributed by atoms with Crippen molar-refractivity contribution in [2.75, 3.05) is 12.0 Å². The Morgan fingerprint density at radius 1 is 1.00 bits per heavy atom. The molecular formula is C27H26N4O2S. The number of phenolic OH excluding ortho intramolecular Hbond substituents is 1. The van der Waals surface area contributed by atoms with Gasteiger partial charge in [0.2, 0.25) is 0 Å². The second-order valence-electron chi connectivity index (χ2n) is 8.35. The van der Waals surface area contributed by atoms with Gasteiger partial charge in [-0.2, -0.15) is 0 Å². The number of para-hydroxylation sites is 2. The third-order valence-electron chi connectivity index (χ3n) is 6.36. The number of hydrogen-bond acceptors (Lipinski definition) is 4. The van der Waals surface area contributed by atoms with Crippen LogP contribution in [-0.2, 0) is 0 Å². The van der Waals surface area contributed by atoms with Crippen molar-refractivity contribution in [2.45, 2.75) is 25.9 Å². The summed E-state index contributed by atoms with van der Waals surface area (Å²) in [5, 5.41) is 14.7. The standard InChI is InChI=1S/C27H26N4O2S/c1-17-16-21(18(2)30(17)23-9-4-5-10-24(23)32)26-25(22-8-6-7-15-28-22)29-27(34)31(26)19-11-13-20(33-3)14-12-19/h4-16,25-26,32H,1-3H3,(H,29,34)/t25-,26-/m0/s1. The van der Waals surface area contributed by atoms with Gasteiger partial charge in [-0.25, -0.2) is 0 Å². The Kier molecular flexibility index (Phi) is 5.71. The first-order valence-electron chi connectivity index (χ1n) is 11.1. The van der Waals surface area contributed by atoms with Crippen molar-refractivity contribution in [3.63, 3.8) is 0 Å². The topological polar surface area (TPSA) is 62.5 Å². The SMILES string of the molecule is COc1ccc(N2C(=S)N[C@@H](c3ccccn3)[C@@H]2c2cc(C)n(-c3ccccc3O)c2C)cc1. The van der Waals surface area contributed by atoms with Crippen molar-refractivity contribution < 1.29 is 9.84 Å². The average Bonchev–Trinajstić information content (AvgIpc) is 3.35. The monoisotopic (exact) mass is 470 g/mol. The average molecular weight is 471 g/mol. The molecule has 0 bridgehead atoms. The molecule has 1 aliphatic heterocycles. The van der Waals surface area contributed by atoms with Gasteiger partial charge in [0.05, 0.1) is 30.6 Å². The summed E-state index contributed by atoms with van der Waals surface area (Å²) in [4.78, 5) is 6.79. The molecule has 0 aliphatic carbocycles. The number of benzene rings is 2. The lowest BCUT2D eigenvalue weighted by Gasteiger charge is -2.28. The van der Waals surface area contributed by atoms with E-state index in [0.717, 1.165) is 39.8 Å². The zero-order valence-corrected chi connectivity index (χ0v) is 20.1. The highest BCUT2D eigenvalue weighted by molar-refractivity contribution is 7.80. The number of nitrogens with zero attached hydrogens (tertiary/aromatic N) is 3. The van der Waals surface area contributed by atoms with Gasteiger partial charge in [-0.15, -0.1) is 0 Å². The van der Waals surface area contributed by atoms with Gasteiger partial charge in [0.15, 0.2) is 5.11 Å². The molecular weight excluding hydrogens is 444 g/mol. The first-order chi connectivity index (χ1) is 16.5. The van der Waals surface area contributed by atoms with Gasteiger partial charge >= 0.3 is 0 Å². The van der Waals surface area contributed by atoms with E-state index in [4.69, 9.17) is 17.0 Å². The fourth-order valence-corrected chi connectivity index (χ4v) is 5.15. The molecule has 2 aromatic heterocycles. The van der Waals surface area contributed by atoms with Crippen molar-refractivity contribution in [3.8, 4) is 17.2 Å². The molecule has 0 unspecified atom stereocenters. The van der Waals surface area contributed by atoms with Gasteiger partial charge in [0, 0.05) is 23.3 Å². The van der Waals surface area contributed by atoms with Crippen molar-refractivity contribution >= 4 is 23.0 Å². The number of ether oxygens (including phenoxy) is 1. The van der Waals surface area contributed by atoms with E-state index in [0.29, 0.717) is 5.11 Å². The molecule has 7 heteroatoms. The van der Waals surface area contributed by atoms with Crippen molar-refractivity contribution in [1.82, 2.24) is 14.9 Å². The summed E-state index contributed by atoms with van der Waals surface area (Å²) >= 11 is 5.84. The highest BCUT2D eigenvalue weighted by Gasteiger charge is 2.42. The van der Waals surface area contributed by atoms with E-state index in [1.54, 1.807) is 19.4 Å². The molecule has 0 radical (unpaired) electrons. The van der Waals surface area contributed by atoms with Crippen LogP contribution in [0.25, 0.3) is 5.69 Å². The van der Waals surface area contributed by atoms with Crippen LogP contribution in [0.5, 0.6) is 11.5 Å². The Morgan fingerprint density at radius 3 is 2.41 bits per heavy atom. The van der Waals surface area contributed by atoms with E-state index in [-0.39, 0.29) is 17.8 Å². The summed E-state index contributed by atoms with van der Waals surface area (Å²) in [5.74, 6) is 1.03. The van der Waals surface area contributed by atoms with Gasteiger partial charge in [-0.05, 0) is 86.2 Å². The Balaban J connectivity index is 1.68. The molecule has 3 heterocycles. The van der Waals surface area contributed by atoms with Crippen LogP contribution in [0.2, 0.25) is 0 Å². The van der Waals surface area contributed by atoms with Crippen LogP contribution in [0.3, 0.4) is 0 Å². The summed E-state index contributed by atoms with van der Waals surface area (Å²) < 4.78 is 7.45. The smallest absolute Gasteiger partial charge is 0.174 e. The highest BCUT2D eigenvalue weighted by atomic mass is 32.1. The second-order valence-corrected chi connectivity index (χ2v) is 8.73. The maximum absolute atomic E-state index is 10.6. The number of aromatic hydroxyl groups is 1. The van der Waals surface area contributed by atoms with E-state index in [1.807, 2.05) is 60.7 Å². The number of thiocarbonyl (C=S) groups is 1. The number of rotatable bonds is 5. The van der Waals surface area contributed by atoms with E-state index < -0.39 is 0 Å². The van der Waals surface area contributed by atoms with E-state index in [1.165, 1.54) is 0 Å². The number of phenols is 1. The zero-order valence-electron chi connectivity index (χ0n) is 19.3. The van der Waals surface area contributed by atoms with E-state index in [2.05, 4.69) is 39.7 Å². The molecule has 2 atom stereocenters. The minimum Gasteiger partial charge on any atom is -0.506 e. The minimum absolute atomic E-state index is 0.137.